The number of hydrogen-bond acceptors (Lipinski definition) is 4. The number of likely N-dealkylation sites (N-methyl/N-ethyl adjacent to an activating group) is 1. The Morgan fingerprint density at radius 1 is 0.941 bits per heavy atom. The molecule has 0 radical (unpaired) electrons. The van der Waals surface area contributed by atoms with Gasteiger partial charge in [-0.25, -0.2) is 5.48 Å². The van der Waals surface area contributed by atoms with Gasteiger partial charge in [0, 0.05) is 18.9 Å². The second kappa shape index (κ2) is 6.85. The summed E-state index contributed by atoms with van der Waals surface area (Å²) >= 11 is 0. The fourth-order valence-corrected chi connectivity index (χ4v) is 1.18. The van der Waals surface area contributed by atoms with Gasteiger partial charge in [-0.3, -0.25) is 19.6 Å². The van der Waals surface area contributed by atoms with Gasteiger partial charge in [0.15, 0.2) is 0 Å². The maximum absolute atomic E-state index is 11.7. The first-order valence-corrected chi connectivity index (χ1v) is 5.31. The molecule has 98 valence electrons. The van der Waals surface area contributed by atoms with Crippen molar-refractivity contribution in [3.63, 3.8) is 0 Å². The smallest absolute Gasteiger partial charge is 0.246 e. The molecule has 0 aromatic rings. The zero-order valence-corrected chi connectivity index (χ0v) is 10.4. The maximum atomic E-state index is 11.7. The van der Waals surface area contributed by atoms with E-state index in [0.29, 0.717) is 0 Å². The molecule has 0 saturated carbocycles. The van der Waals surface area contributed by atoms with E-state index in [0.717, 1.165) is 0 Å². The van der Waals surface area contributed by atoms with Crippen LogP contribution in [0.15, 0.2) is 0 Å². The van der Waals surface area contributed by atoms with Crippen LogP contribution in [-0.4, -0.2) is 36.0 Å². The molecule has 0 saturated heterocycles. The molecule has 3 unspecified atom stereocenters. The van der Waals surface area contributed by atoms with Crippen LogP contribution < -0.4 is 16.1 Å². The SMILES string of the molecule is CNC(=O)C(C)NC(=O)C(C)C(C)C(=O)NO. The van der Waals surface area contributed by atoms with Crippen LogP contribution in [0.5, 0.6) is 0 Å². The Labute approximate surface area is 99.9 Å². The number of hydrogen-bond donors (Lipinski definition) is 4. The van der Waals surface area contributed by atoms with E-state index in [1.165, 1.54) is 19.5 Å². The number of rotatable bonds is 5. The highest BCUT2D eigenvalue weighted by Crippen LogP contribution is 2.11. The minimum atomic E-state index is -0.683. The van der Waals surface area contributed by atoms with Gasteiger partial charge in [0.05, 0.1) is 0 Å². The Morgan fingerprint density at radius 3 is 1.82 bits per heavy atom. The molecule has 3 amide bonds. The standard InChI is InChI=1S/C10H19N3O4/c1-5(6(2)9(15)13-17)8(14)12-7(3)10(16)11-4/h5-7,17H,1-4H3,(H,11,16)(H,12,14)(H,13,15). The van der Waals surface area contributed by atoms with Crippen LogP contribution in [0.1, 0.15) is 20.8 Å². The lowest BCUT2D eigenvalue weighted by Gasteiger charge is -2.20. The molecule has 7 nitrogen and oxygen atoms in total. The van der Waals surface area contributed by atoms with Gasteiger partial charge in [-0.05, 0) is 6.92 Å². The average Bonchev–Trinajstić information content (AvgIpc) is 2.34. The molecule has 0 aromatic carbocycles. The summed E-state index contributed by atoms with van der Waals surface area (Å²) in [5.41, 5.74) is 1.49. The quantitative estimate of drug-likeness (QED) is 0.368. The minimum Gasteiger partial charge on any atom is -0.357 e. The summed E-state index contributed by atoms with van der Waals surface area (Å²) in [6, 6.07) is -0.667. The number of amides is 3. The van der Waals surface area contributed by atoms with Gasteiger partial charge < -0.3 is 10.6 Å². The molecule has 0 spiro atoms. The van der Waals surface area contributed by atoms with Crippen LogP contribution in [0.2, 0.25) is 0 Å². The first-order valence-electron chi connectivity index (χ1n) is 5.31. The first kappa shape index (κ1) is 15.4. The average molecular weight is 245 g/mol. The zero-order chi connectivity index (χ0) is 13.6. The van der Waals surface area contributed by atoms with E-state index in [4.69, 9.17) is 5.21 Å². The van der Waals surface area contributed by atoms with Crippen molar-refractivity contribution >= 4 is 17.7 Å². The Hall–Kier alpha value is -1.63. The molecule has 4 N–H and O–H groups in total. The van der Waals surface area contributed by atoms with Gasteiger partial charge in [0.25, 0.3) is 0 Å². The van der Waals surface area contributed by atoms with Gasteiger partial charge in [0.2, 0.25) is 17.7 Å². The van der Waals surface area contributed by atoms with Crippen molar-refractivity contribution in [2.24, 2.45) is 11.8 Å². The van der Waals surface area contributed by atoms with Crippen molar-refractivity contribution in [3.8, 4) is 0 Å². The van der Waals surface area contributed by atoms with E-state index in [-0.39, 0.29) is 5.91 Å². The predicted octanol–water partition coefficient (Wildman–Crippen LogP) is -0.985. The first-order chi connectivity index (χ1) is 7.84. The molecular formula is C10H19N3O4. The molecule has 0 aliphatic heterocycles. The van der Waals surface area contributed by atoms with Crippen LogP contribution in [-0.2, 0) is 14.4 Å². The van der Waals surface area contributed by atoms with E-state index in [9.17, 15) is 14.4 Å². The Morgan fingerprint density at radius 2 is 1.41 bits per heavy atom. The van der Waals surface area contributed by atoms with Crippen molar-refractivity contribution in [2.75, 3.05) is 7.05 Å². The highest BCUT2D eigenvalue weighted by molar-refractivity contribution is 5.90. The number of carbonyl (C=O) groups excluding carboxylic acids is 3. The lowest BCUT2D eigenvalue weighted by molar-refractivity contribution is -0.139. The highest BCUT2D eigenvalue weighted by atomic mass is 16.5. The minimum absolute atomic E-state index is 0.315. The monoisotopic (exact) mass is 245 g/mol. The van der Waals surface area contributed by atoms with Crippen LogP contribution in [0.25, 0.3) is 0 Å². The van der Waals surface area contributed by atoms with Crippen LogP contribution in [0, 0.1) is 11.8 Å². The van der Waals surface area contributed by atoms with E-state index in [2.05, 4.69) is 10.6 Å². The summed E-state index contributed by atoms with van der Waals surface area (Å²) in [4.78, 5) is 34.0. The van der Waals surface area contributed by atoms with Crippen LogP contribution in [0.3, 0.4) is 0 Å². The molecule has 0 bridgehead atoms. The lowest BCUT2D eigenvalue weighted by atomic mass is 9.94. The van der Waals surface area contributed by atoms with Crippen molar-refractivity contribution in [1.29, 1.82) is 0 Å². The second-order valence-corrected chi connectivity index (χ2v) is 3.90. The van der Waals surface area contributed by atoms with E-state index >= 15 is 0 Å². The molecule has 0 rings (SSSR count). The van der Waals surface area contributed by atoms with Gasteiger partial charge >= 0.3 is 0 Å². The summed E-state index contributed by atoms with van der Waals surface area (Å²) in [7, 11) is 1.47. The highest BCUT2D eigenvalue weighted by Gasteiger charge is 2.27. The normalized spacial score (nSPS) is 15.4. The molecule has 7 heteroatoms. The molecule has 0 aromatic heterocycles. The lowest BCUT2D eigenvalue weighted by Crippen LogP contribution is -2.47. The Balaban J connectivity index is 4.41. The van der Waals surface area contributed by atoms with Crippen molar-refractivity contribution in [3.05, 3.63) is 0 Å². The summed E-state index contributed by atoms with van der Waals surface area (Å²) in [6.07, 6.45) is 0. The fraction of sp³-hybridized carbons (Fsp3) is 0.700. The third-order valence-electron chi connectivity index (χ3n) is 2.69. The largest absolute Gasteiger partial charge is 0.357 e. The van der Waals surface area contributed by atoms with Crippen molar-refractivity contribution in [1.82, 2.24) is 16.1 Å². The Bertz CT molecular complexity index is 306. The number of carbonyl (C=O) groups is 3. The fourth-order valence-electron chi connectivity index (χ4n) is 1.18. The van der Waals surface area contributed by atoms with Crippen molar-refractivity contribution < 1.29 is 19.6 Å². The van der Waals surface area contributed by atoms with Gasteiger partial charge in [-0.1, -0.05) is 13.8 Å². The predicted molar refractivity (Wildman–Crippen MR) is 59.9 cm³/mol. The van der Waals surface area contributed by atoms with E-state index in [1.807, 2.05) is 0 Å². The summed E-state index contributed by atoms with van der Waals surface area (Å²) < 4.78 is 0. The van der Waals surface area contributed by atoms with Crippen LogP contribution >= 0.6 is 0 Å². The summed E-state index contributed by atoms with van der Waals surface area (Å²) in [6.45, 7) is 4.60. The Kier molecular flexibility index (Phi) is 6.19. The number of nitrogens with one attached hydrogen (secondary N) is 3. The third kappa shape index (κ3) is 4.39. The molecule has 0 heterocycles. The van der Waals surface area contributed by atoms with Gasteiger partial charge in [0.1, 0.15) is 6.04 Å². The van der Waals surface area contributed by atoms with Gasteiger partial charge in [-0.2, -0.15) is 0 Å². The number of hydroxylamine groups is 1. The third-order valence-corrected chi connectivity index (χ3v) is 2.69. The molecule has 0 aliphatic carbocycles. The zero-order valence-electron chi connectivity index (χ0n) is 10.4. The molecular weight excluding hydrogens is 226 g/mol. The second-order valence-electron chi connectivity index (χ2n) is 3.90. The molecule has 3 atom stereocenters. The summed E-state index contributed by atoms with van der Waals surface area (Å²) in [5.74, 6) is -2.70. The maximum Gasteiger partial charge on any atom is 0.246 e. The molecule has 0 aliphatic rings. The topological polar surface area (TPSA) is 108 Å². The summed E-state index contributed by atoms with van der Waals surface area (Å²) in [5, 5.41) is 13.3. The molecule has 17 heavy (non-hydrogen) atoms. The van der Waals surface area contributed by atoms with Crippen molar-refractivity contribution in [2.45, 2.75) is 26.8 Å². The van der Waals surface area contributed by atoms with Gasteiger partial charge in [-0.15, -0.1) is 0 Å². The molecule has 0 fully saturated rings. The van der Waals surface area contributed by atoms with Crippen LogP contribution in [0.4, 0.5) is 0 Å². The van der Waals surface area contributed by atoms with E-state index in [1.54, 1.807) is 13.8 Å². The van der Waals surface area contributed by atoms with E-state index < -0.39 is 29.7 Å².